The van der Waals surface area contributed by atoms with Crippen molar-refractivity contribution in [2.45, 2.75) is 13.1 Å². The molecule has 0 bridgehead atoms. The molecule has 198 valence electrons. The van der Waals surface area contributed by atoms with Gasteiger partial charge in [-0.2, -0.15) is 4.98 Å². The molecule has 0 saturated heterocycles. The van der Waals surface area contributed by atoms with Crippen LogP contribution >= 0.6 is 0 Å². The Morgan fingerprint density at radius 1 is 0.872 bits per heavy atom. The van der Waals surface area contributed by atoms with E-state index in [4.69, 9.17) is 18.7 Å². The van der Waals surface area contributed by atoms with Crippen LogP contribution in [0.3, 0.4) is 0 Å². The molecule has 0 spiro atoms. The van der Waals surface area contributed by atoms with Gasteiger partial charge < -0.3 is 18.7 Å². The normalized spacial score (nSPS) is 10.9. The summed E-state index contributed by atoms with van der Waals surface area (Å²) in [6, 6.07) is 18.5. The minimum Gasteiger partial charge on any atom is -0.497 e. The largest absolute Gasteiger partial charge is 0.497 e. The van der Waals surface area contributed by atoms with E-state index in [0.717, 1.165) is 4.57 Å². The zero-order valence-corrected chi connectivity index (χ0v) is 21.4. The van der Waals surface area contributed by atoms with Gasteiger partial charge in [-0.15, -0.1) is 0 Å². The Bertz CT molecular complexity index is 1790. The molecular weight excluding hydrogens is 504 g/mol. The van der Waals surface area contributed by atoms with Crippen LogP contribution in [-0.4, -0.2) is 46.4 Å². The van der Waals surface area contributed by atoms with E-state index in [1.165, 1.54) is 18.8 Å². The Morgan fingerprint density at radius 2 is 1.59 bits per heavy atom. The summed E-state index contributed by atoms with van der Waals surface area (Å²) >= 11 is 0. The third kappa shape index (κ3) is 4.89. The monoisotopic (exact) mass is 528 g/mol. The van der Waals surface area contributed by atoms with E-state index in [9.17, 15) is 14.4 Å². The molecule has 2 heterocycles. The molecule has 39 heavy (non-hydrogen) atoms. The van der Waals surface area contributed by atoms with Gasteiger partial charge in [0.15, 0.2) is 5.78 Å². The summed E-state index contributed by atoms with van der Waals surface area (Å²) in [7, 11) is 4.50. The highest BCUT2D eigenvalue weighted by molar-refractivity contribution is 5.99. The Morgan fingerprint density at radius 3 is 2.31 bits per heavy atom. The van der Waals surface area contributed by atoms with Crippen LogP contribution in [0.15, 0.2) is 80.8 Å². The molecule has 11 nitrogen and oxygen atoms in total. The number of hydrogen-bond donors (Lipinski definition) is 0. The minimum absolute atomic E-state index is 0.0580. The standard InChI is InChI=1S/C28H24N4O7/c1-36-18-10-8-17(9-11-18)26-29-25(39-30-26)16-32-27(34)20-6-4-5-7-22(20)31(28(32)35)15-23(33)21-14-19(37-2)12-13-24(21)38-3/h4-14H,15-16H2,1-3H3. The quantitative estimate of drug-likeness (QED) is 0.265. The highest BCUT2D eigenvalue weighted by atomic mass is 16.5. The Kier molecular flexibility index (Phi) is 6.96. The lowest BCUT2D eigenvalue weighted by molar-refractivity contribution is 0.0968. The van der Waals surface area contributed by atoms with Crippen LogP contribution in [0.25, 0.3) is 22.3 Å². The minimum atomic E-state index is -0.696. The van der Waals surface area contributed by atoms with Crippen LogP contribution in [0.2, 0.25) is 0 Å². The molecule has 0 aliphatic carbocycles. The average Bonchev–Trinajstić information content (AvgIpc) is 3.45. The fourth-order valence-corrected chi connectivity index (χ4v) is 4.24. The van der Waals surface area contributed by atoms with Gasteiger partial charge in [0, 0.05) is 5.56 Å². The number of methoxy groups -OCH3 is 3. The van der Waals surface area contributed by atoms with Crippen LogP contribution < -0.4 is 25.5 Å². The predicted octanol–water partition coefficient (Wildman–Crippen LogP) is 3.17. The Labute approximate surface area is 221 Å². The molecule has 5 rings (SSSR count). The van der Waals surface area contributed by atoms with Gasteiger partial charge in [0.1, 0.15) is 23.8 Å². The van der Waals surface area contributed by atoms with Crippen molar-refractivity contribution in [1.82, 2.24) is 19.3 Å². The topological polar surface area (TPSA) is 128 Å². The first-order chi connectivity index (χ1) is 18.9. The van der Waals surface area contributed by atoms with E-state index in [2.05, 4.69) is 10.1 Å². The van der Waals surface area contributed by atoms with Gasteiger partial charge in [-0.05, 0) is 54.6 Å². The number of Topliss-reactive ketones (excluding diaryl/α,β-unsaturated/α-hetero) is 1. The van der Waals surface area contributed by atoms with Gasteiger partial charge in [0.25, 0.3) is 5.56 Å². The predicted molar refractivity (Wildman–Crippen MR) is 142 cm³/mol. The van der Waals surface area contributed by atoms with E-state index in [-0.39, 0.29) is 29.9 Å². The summed E-state index contributed by atoms with van der Waals surface area (Å²) in [6.07, 6.45) is 0. The first-order valence-corrected chi connectivity index (χ1v) is 11.9. The lowest BCUT2D eigenvalue weighted by Crippen LogP contribution is -2.41. The van der Waals surface area contributed by atoms with Crippen molar-refractivity contribution in [1.29, 1.82) is 0 Å². The van der Waals surface area contributed by atoms with Gasteiger partial charge >= 0.3 is 5.69 Å². The lowest BCUT2D eigenvalue weighted by atomic mass is 10.1. The van der Waals surface area contributed by atoms with Crippen LogP contribution in [0.5, 0.6) is 17.2 Å². The summed E-state index contributed by atoms with van der Waals surface area (Å²) in [5.41, 5.74) is 0.00231. The third-order valence-corrected chi connectivity index (χ3v) is 6.25. The van der Waals surface area contributed by atoms with Gasteiger partial charge in [0.2, 0.25) is 11.7 Å². The zero-order valence-electron chi connectivity index (χ0n) is 21.4. The number of carbonyl (C=O) groups excluding carboxylic acids is 1. The van der Waals surface area contributed by atoms with Crippen molar-refractivity contribution in [3.8, 4) is 28.6 Å². The van der Waals surface area contributed by atoms with Crippen molar-refractivity contribution >= 4 is 16.7 Å². The Hall–Kier alpha value is -5.19. The number of rotatable bonds is 9. The van der Waals surface area contributed by atoms with Crippen LogP contribution in [0.4, 0.5) is 0 Å². The van der Waals surface area contributed by atoms with Gasteiger partial charge in [-0.1, -0.05) is 17.3 Å². The van der Waals surface area contributed by atoms with Crippen molar-refractivity contribution in [3.63, 3.8) is 0 Å². The summed E-state index contributed by atoms with van der Waals surface area (Å²) in [5.74, 6) is 1.42. The molecule has 0 aliphatic rings. The summed E-state index contributed by atoms with van der Waals surface area (Å²) in [4.78, 5) is 44.7. The molecule has 0 fully saturated rings. The SMILES string of the molecule is COc1ccc(-c2noc(Cn3c(=O)c4ccccc4n(CC(=O)c4cc(OC)ccc4OC)c3=O)n2)cc1. The number of para-hydroxylation sites is 1. The fourth-order valence-electron chi connectivity index (χ4n) is 4.24. The van der Waals surface area contributed by atoms with Crippen molar-refractivity contribution in [2.75, 3.05) is 21.3 Å². The number of nitrogens with zero attached hydrogens (tertiary/aromatic N) is 4. The van der Waals surface area contributed by atoms with E-state index >= 15 is 0 Å². The van der Waals surface area contributed by atoms with E-state index in [0.29, 0.717) is 34.2 Å². The van der Waals surface area contributed by atoms with Gasteiger partial charge in [-0.3, -0.25) is 18.7 Å². The first kappa shape index (κ1) is 25.5. The maximum Gasteiger partial charge on any atom is 0.332 e. The maximum absolute atomic E-state index is 13.6. The summed E-state index contributed by atoms with van der Waals surface area (Å²) in [5, 5.41) is 4.24. The van der Waals surface area contributed by atoms with Crippen LogP contribution in [-0.2, 0) is 13.1 Å². The lowest BCUT2D eigenvalue weighted by Gasteiger charge is -2.14. The zero-order chi connectivity index (χ0) is 27.5. The van der Waals surface area contributed by atoms with E-state index < -0.39 is 17.0 Å². The fraction of sp³-hybridized carbons (Fsp3) is 0.179. The molecular formula is C28H24N4O7. The number of aromatic nitrogens is 4. The number of carbonyl (C=O) groups is 1. The Balaban J connectivity index is 1.54. The molecule has 0 saturated carbocycles. The van der Waals surface area contributed by atoms with Gasteiger partial charge in [0.05, 0.1) is 44.3 Å². The first-order valence-electron chi connectivity index (χ1n) is 11.9. The number of hydrogen-bond acceptors (Lipinski definition) is 9. The van der Waals surface area contributed by atoms with E-state index in [1.807, 2.05) is 0 Å². The summed E-state index contributed by atoms with van der Waals surface area (Å²) < 4.78 is 23.3. The highest BCUT2D eigenvalue weighted by Gasteiger charge is 2.20. The molecule has 11 heteroatoms. The molecule has 2 aromatic heterocycles. The number of fused-ring (bicyclic) bond motifs is 1. The molecule has 0 unspecified atom stereocenters. The summed E-state index contributed by atoms with van der Waals surface area (Å²) in [6.45, 7) is -0.619. The number of benzene rings is 3. The molecule has 3 aromatic carbocycles. The molecule has 0 N–H and O–H groups in total. The number of ether oxygens (including phenoxy) is 3. The highest BCUT2D eigenvalue weighted by Crippen LogP contribution is 2.25. The van der Waals surface area contributed by atoms with Crippen molar-refractivity contribution in [3.05, 3.63) is 99.0 Å². The molecule has 5 aromatic rings. The number of ketones is 1. The van der Waals surface area contributed by atoms with Crippen molar-refractivity contribution < 1.29 is 23.5 Å². The van der Waals surface area contributed by atoms with Crippen molar-refractivity contribution in [2.24, 2.45) is 0 Å². The van der Waals surface area contributed by atoms with E-state index in [1.54, 1.807) is 73.8 Å². The second kappa shape index (κ2) is 10.7. The second-order valence-electron chi connectivity index (χ2n) is 8.51. The van der Waals surface area contributed by atoms with Gasteiger partial charge in [-0.25, -0.2) is 4.79 Å². The second-order valence-corrected chi connectivity index (χ2v) is 8.51. The molecule has 0 atom stereocenters. The molecule has 0 radical (unpaired) electrons. The van der Waals surface area contributed by atoms with Crippen LogP contribution in [0, 0.1) is 0 Å². The maximum atomic E-state index is 13.6. The molecule has 0 aliphatic heterocycles. The third-order valence-electron chi connectivity index (χ3n) is 6.25. The average molecular weight is 529 g/mol. The molecule has 0 amide bonds. The van der Waals surface area contributed by atoms with Crippen LogP contribution in [0.1, 0.15) is 16.2 Å². The smallest absolute Gasteiger partial charge is 0.332 e.